The maximum absolute atomic E-state index is 12.4. The van der Waals surface area contributed by atoms with Crippen LogP contribution in [0, 0.1) is 5.41 Å². The number of fused-ring (bicyclic) bond motifs is 2. The van der Waals surface area contributed by atoms with Crippen LogP contribution in [0.25, 0.3) is 0 Å². The minimum absolute atomic E-state index is 0.0803. The minimum atomic E-state index is -1.56. The van der Waals surface area contributed by atoms with Crippen LogP contribution < -0.4 is 0 Å². The topological polar surface area (TPSA) is 93.1 Å². The lowest BCUT2D eigenvalue weighted by molar-refractivity contribution is -0.174. The zero-order valence-corrected chi connectivity index (χ0v) is 14.1. The van der Waals surface area contributed by atoms with Gasteiger partial charge in [-0.15, -0.1) is 0 Å². The maximum Gasteiger partial charge on any atom is 0.410 e. The molecule has 23 heavy (non-hydrogen) atoms. The summed E-state index contributed by atoms with van der Waals surface area (Å²) in [5.74, 6) is -1.87. The average molecular weight is 327 g/mol. The van der Waals surface area contributed by atoms with Crippen molar-refractivity contribution < 1.29 is 29.0 Å². The lowest BCUT2D eigenvalue weighted by Gasteiger charge is -2.42. The first-order valence-electron chi connectivity index (χ1n) is 8.02. The van der Waals surface area contributed by atoms with Gasteiger partial charge in [-0.1, -0.05) is 0 Å². The Labute approximate surface area is 135 Å². The largest absolute Gasteiger partial charge is 0.480 e. The molecular formula is C16H25NO6. The van der Waals surface area contributed by atoms with E-state index in [2.05, 4.69) is 0 Å². The van der Waals surface area contributed by atoms with Crippen molar-refractivity contribution in [2.45, 2.75) is 71.1 Å². The van der Waals surface area contributed by atoms with E-state index in [1.807, 2.05) is 0 Å². The molecule has 2 aliphatic rings. The number of piperidine rings is 1. The quantitative estimate of drug-likeness (QED) is 0.631. The maximum atomic E-state index is 12.4. The molecule has 2 saturated heterocycles. The van der Waals surface area contributed by atoms with E-state index in [0.29, 0.717) is 12.8 Å². The summed E-state index contributed by atoms with van der Waals surface area (Å²) >= 11 is 0. The molecule has 0 spiro atoms. The zero-order valence-electron chi connectivity index (χ0n) is 14.1. The van der Waals surface area contributed by atoms with Crippen LogP contribution in [-0.2, 0) is 19.1 Å². The number of carboxylic acids is 1. The zero-order chi connectivity index (χ0) is 17.4. The van der Waals surface area contributed by atoms with Gasteiger partial charge in [0.25, 0.3) is 0 Å². The molecule has 7 nitrogen and oxygen atoms in total. The third-order valence-corrected chi connectivity index (χ3v) is 4.47. The number of carbonyl (C=O) groups excluding carboxylic acids is 2. The van der Waals surface area contributed by atoms with Crippen molar-refractivity contribution in [3.63, 3.8) is 0 Å². The smallest absolute Gasteiger partial charge is 0.410 e. The molecule has 0 radical (unpaired) electrons. The number of nitrogens with zero attached hydrogens (tertiary/aromatic N) is 1. The summed E-state index contributed by atoms with van der Waals surface area (Å²) in [6, 6.07) is -0.604. The Kier molecular flexibility index (Phi) is 4.59. The van der Waals surface area contributed by atoms with Crippen LogP contribution in [0.4, 0.5) is 4.79 Å². The summed E-state index contributed by atoms with van der Waals surface area (Å²) in [5.41, 5.74) is -2.17. The first-order chi connectivity index (χ1) is 10.6. The van der Waals surface area contributed by atoms with Gasteiger partial charge in [0.2, 0.25) is 0 Å². The van der Waals surface area contributed by atoms with Crippen LogP contribution in [0.15, 0.2) is 0 Å². The summed E-state index contributed by atoms with van der Waals surface area (Å²) in [7, 11) is 0. The van der Waals surface area contributed by atoms with Crippen molar-refractivity contribution in [1.82, 2.24) is 4.90 Å². The van der Waals surface area contributed by atoms with E-state index < -0.39 is 29.0 Å². The molecule has 0 aromatic heterocycles. The molecule has 0 aliphatic carbocycles. The molecule has 1 amide bonds. The highest BCUT2D eigenvalue weighted by molar-refractivity contribution is 5.99. The van der Waals surface area contributed by atoms with Crippen LogP contribution in [0.2, 0.25) is 0 Å². The fraction of sp³-hybridized carbons (Fsp3) is 0.812. The highest BCUT2D eigenvalue weighted by Crippen LogP contribution is 2.47. The van der Waals surface area contributed by atoms with Crippen LogP contribution >= 0.6 is 0 Å². The lowest BCUT2D eigenvalue weighted by Crippen LogP contribution is -2.56. The predicted octanol–water partition coefficient (Wildman–Crippen LogP) is 2.18. The van der Waals surface area contributed by atoms with E-state index in [1.54, 1.807) is 32.6 Å². The Balaban J connectivity index is 2.21. The van der Waals surface area contributed by atoms with E-state index in [0.717, 1.165) is 0 Å². The second-order valence-electron chi connectivity index (χ2n) is 7.29. The normalized spacial score (nSPS) is 30.0. The fourth-order valence-corrected chi connectivity index (χ4v) is 3.56. The summed E-state index contributed by atoms with van der Waals surface area (Å²) in [6.45, 7) is 7.15. The average Bonchev–Trinajstić information content (AvgIpc) is 2.68. The fourth-order valence-electron chi connectivity index (χ4n) is 3.56. The van der Waals surface area contributed by atoms with Crippen LogP contribution in [0.5, 0.6) is 0 Å². The number of carbonyl (C=O) groups is 3. The number of hydrogen-bond acceptors (Lipinski definition) is 5. The van der Waals surface area contributed by atoms with Gasteiger partial charge in [0.1, 0.15) is 5.60 Å². The van der Waals surface area contributed by atoms with Crippen LogP contribution in [0.1, 0.15) is 53.4 Å². The molecule has 130 valence electrons. The molecule has 2 aliphatic heterocycles. The Morgan fingerprint density at radius 3 is 2.09 bits per heavy atom. The van der Waals surface area contributed by atoms with Gasteiger partial charge in [0, 0.05) is 12.1 Å². The lowest BCUT2D eigenvalue weighted by atomic mass is 9.75. The number of hydrogen-bond donors (Lipinski definition) is 1. The van der Waals surface area contributed by atoms with E-state index in [9.17, 15) is 19.5 Å². The molecule has 7 heteroatoms. The van der Waals surface area contributed by atoms with Crippen molar-refractivity contribution in [2.75, 3.05) is 6.61 Å². The molecule has 2 atom stereocenters. The summed E-state index contributed by atoms with van der Waals surface area (Å²) in [6.07, 6.45) is 1.08. The molecule has 2 unspecified atom stereocenters. The molecule has 0 aromatic carbocycles. The number of ether oxygens (including phenoxy) is 2. The van der Waals surface area contributed by atoms with Crippen LogP contribution in [0.3, 0.4) is 0 Å². The van der Waals surface area contributed by atoms with Gasteiger partial charge in [0.05, 0.1) is 6.61 Å². The summed E-state index contributed by atoms with van der Waals surface area (Å²) in [5, 5.41) is 9.62. The summed E-state index contributed by atoms with van der Waals surface area (Å²) < 4.78 is 10.4. The molecule has 2 fully saturated rings. The van der Waals surface area contributed by atoms with Gasteiger partial charge in [-0.3, -0.25) is 9.59 Å². The third-order valence-electron chi connectivity index (χ3n) is 4.47. The number of esters is 1. The van der Waals surface area contributed by atoms with E-state index in [4.69, 9.17) is 9.47 Å². The molecule has 2 heterocycles. The van der Waals surface area contributed by atoms with Gasteiger partial charge >= 0.3 is 18.0 Å². The molecule has 2 bridgehead atoms. The van der Waals surface area contributed by atoms with Gasteiger partial charge in [-0.2, -0.15) is 0 Å². The highest BCUT2D eigenvalue weighted by atomic mass is 16.6. The Bertz CT molecular complexity index is 495. The number of carboxylic acid groups (broad SMARTS) is 1. The second-order valence-corrected chi connectivity index (χ2v) is 7.29. The predicted molar refractivity (Wildman–Crippen MR) is 80.8 cm³/mol. The van der Waals surface area contributed by atoms with Crippen molar-refractivity contribution in [2.24, 2.45) is 5.41 Å². The molecule has 0 aromatic rings. The van der Waals surface area contributed by atoms with Gasteiger partial charge < -0.3 is 19.5 Å². The molecule has 1 N–H and O–H groups in total. The first kappa shape index (κ1) is 17.6. The van der Waals surface area contributed by atoms with Gasteiger partial charge in [0.15, 0.2) is 5.41 Å². The van der Waals surface area contributed by atoms with Crippen LogP contribution in [-0.4, -0.2) is 52.3 Å². The number of aliphatic carboxylic acids is 1. The van der Waals surface area contributed by atoms with E-state index >= 15 is 0 Å². The Morgan fingerprint density at radius 1 is 1.17 bits per heavy atom. The van der Waals surface area contributed by atoms with Gasteiger partial charge in [-0.05, 0) is 53.4 Å². The highest BCUT2D eigenvalue weighted by Gasteiger charge is 2.59. The third kappa shape index (κ3) is 3.28. The second kappa shape index (κ2) is 6.02. The monoisotopic (exact) mass is 327 g/mol. The summed E-state index contributed by atoms with van der Waals surface area (Å²) in [4.78, 5) is 38.0. The Hall–Kier alpha value is -1.79. The van der Waals surface area contributed by atoms with E-state index in [-0.39, 0.29) is 31.5 Å². The van der Waals surface area contributed by atoms with Crippen molar-refractivity contribution in [3.8, 4) is 0 Å². The molecular weight excluding hydrogens is 302 g/mol. The molecule has 2 rings (SSSR count). The number of rotatable bonds is 3. The van der Waals surface area contributed by atoms with Crippen molar-refractivity contribution in [3.05, 3.63) is 0 Å². The SMILES string of the molecule is CCOC(=O)C1(C(=O)O)CC2CCC(C1)N2C(=O)OC(C)(C)C. The van der Waals surface area contributed by atoms with Crippen molar-refractivity contribution >= 4 is 18.0 Å². The van der Waals surface area contributed by atoms with Gasteiger partial charge in [-0.25, -0.2) is 4.79 Å². The molecule has 0 saturated carbocycles. The standard InChI is InChI=1S/C16H25NO6/c1-5-22-13(20)16(12(18)19)8-10-6-7-11(9-16)17(10)14(21)23-15(2,3)4/h10-11H,5-9H2,1-4H3,(H,18,19). The van der Waals surface area contributed by atoms with E-state index in [1.165, 1.54) is 0 Å². The van der Waals surface area contributed by atoms with Crippen molar-refractivity contribution in [1.29, 1.82) is 0 Å². The Morgan fingerprint density at radius 2 is 1.70 bits per heavy atom. The minimum Gasteiger partial charge on any atom is -0.480 e. The number of amides is 1. The first-order valence-corrected chi connectivity index (χ1v) is 8.02.